The molecule has 1 heterocycles. The van der Waals surface area contributed by atoms with E-state index in [1.54, 1.807) is 7.11 Å². The van der Waals surface area contributed by atoms with Gasteiger partial charge < -0.3 is 14.8 Å². The predicted molar refractivity (Wildman–Crippen MR) is 79.4 cm³/mol. The van der Waals surface area contributed by atoms with Gasteiger partial charge in [-0.25, -0.2) is 9.97 Å². The molecule has 0 saturated heterocycles. The summed E-state index contributed by atoms with van der Waals surface area (Å²) in [4.78, 5) is 8.56. The number of aromatic nitrogens is 2. The highest BCUT2D eigenvalue weighted by Gasteiger charge is 2.16. The molecule has 5 heteroatoms. The predicted octanol–water partition coefficient (Wildman–Crippen LogP) is 2.98. The van der Waals surface area contributed by atoms with Crippen LogP contribution < -0.4 is 14.8 Å². The minimum Gasteiger partial charge on any atom is -0.493 e. The van der Waals surface area contributed by atoms with Crippen LogP contribution in [0.25, 0.3) is 11.3 Å². The Hall–Kier alpha value is -2.30. The topological polar surface area (TPSA) is 56.3 Å². The first-order valence-electron chi connectivity index (χ1n) is 6.66. The molecule has 1 aromatic carbocycles. The van der Waals surface area contributed by atoms with Crippen LogP contribution in [0, 0.1) is 0 Å². The molecule has 106 valence electrons. The summed E-state index contributed by atoms with van der Waals surface area (Å²) in [5, 5.41) is 3.17. The monoisotopic (exact) mass is 273 g/mol. The number of ether oxygens (including phenoxy) is 2. The van der Waals surface area contributed by atoms with Gasteiger partial charge in [0.05, 0.1) is 13.7 Å². The van der Waals surface area contributed by atoms with Gasteiger partial charge in [-0.05, 0) is 26.0 Å². The molecule has 5 nitrogen and oxygen atoms in total. The van der Waals surface area contributed by atoms with Gasteiger partial charge in [0.2, 0.25) is 0 Å². The molecule has 0 aliphatic carbocycles. The van der Waals surface area contributed by atoms with E-state index in [1.165, 1.54) is 6.33 Å². The van der Waals surface area contributed by atoms with Crippen LogP contribution in [0.4, 0.5) is 5.82 Å². The van der Waals surface area contributed by atoms with Gasteiger partial charge in [-0.15, -0.1) is 0 Å². The van der Waals surface area contributed by atoms with Crippen molar-refractivity contribution in [2.75, 3.05) is 25.6 Å². The summed E-state index contributed by atoms with van der Waals surface area (Å²) in [6.45, 7) is 5.33. The average molecular weight is 273 g/mol. The van der Waals surface area contributed by atoms with Gasteiger partial charge in [-0.2, -0.15) is 0 Å². The zero-order chi connectivity index (χ0) is 14.4. The molecule has 0 spiro atoms. The SMILES string of the molecule is CCNc1ncnc(-c2ccccc2OCC)c1OC. The van der Waals surface area contributed by atoms with Crippen LogP contribution in [-0.4, -0.2) is 30.2 Å². The largest absolute Gasteiger partial charge is 0.493 e. The standard InChI is InChI=1S/C15H19N3O2/c1-4-16-15-14(19-3)13(17-10-18-15)11-8-6-7-9-12(11)20-5-2/h6-10H,4-5H2,1-3H3,(H,16,17,18). The maximum atomic E-state index is 5.65. The van der Waals surface area contributed by atoms with Gasteiger partial charge in [0.15, 0.2) is 11.6 Å². The third kappa shape index (κ3) is 2.82. The summed E-state index contributed by atoms with van der Waals surface area (Å²) < 4.78 is 11.1. The second-order valence-corrected chi connectivity index (χ2v) is 4.06. The number of nitrogens with one attached hydrogen (secondary N) is 1. The molecule has 0 saturated carbocycles. The Bertz CT molecular complexity index is 573. The molecule has 2 aromatic rings. The van der Waals surface area contributed by atoms with Crippen molar-refractivity contribution in [3.05, 3.63) is 30.6 Å². The Balaban J connectivity index is 2.54. The molecule has 20 heavy (non-hydrogen) atoms. The number of methoxy groups -OCH3 is 1. The third-order valence-corrected chi connectivity index (χ3v) is 2.79. The lowest BCUT2D eigenvalue weighted by atomic mass is 10.1. The van der Waals surface area contributed by atoms with Crippen LogP contribution in [0.1, 0.15) is 13.8 Å². The Morgan fingerprint density at radius 3 is 2.65 bits per heavy atom. The van der Waals surface area contributed by atoms with Gasteiger partial charge in [0, 0.05) is 12.1 Å². The molecule has 2 rings (SSSR count). The van der Waals surface area contributed by atoms with Crippen molar-refractivity contribution in [2.24, 2.45) is 0 Å². The van der Waals surface area contributed by atoms with Crippen LogP contribution in [-0.2, 0) is 0 Å². The highest BCUT2D eigenvalue weighted by molar-refractivity contribution is 5.76. The summed E-state index contributed by atoms with van der Waals surface area (Å²) >= 11 is 0. The number of hydrogen-bond donors (Lipinski definition) is 1. The number of hydrogen-bond acceptors (Lipinski definition) is 5. The molecule has 0 radical (unpaired) electrons. The first-order chi connectivity index (χ1) is 9.81. The minimum atomic E-state index is 0.602. The van der Waals surface area contributed by atoms with E-state index in [-0.39, 0.29) is 0 Å². The Morgan fingerprint density at radius 1 is 1.15 bits per heavy atom. The second kappa shape index (κ2) is 6.75. The highest BCUT2D eigenvalue weighted by Crippen LogP contribution is 2.37. The lowest BCUT2D eigenvalue weighted by Gasteiger charge is -2.14. The van der Waals surface area contributed by atoms with E-state index < -0.39 is 0 Å². The summed E-state index contributed by atoms with van der Waals surface area (Å²) in [6, 6.07) is 7.78. The highest BCUT2D eigenvalue weighted by atomic mass is 16.5. The van der Waals surface area contributed by atoms with Crippen molar-refractivity contribution in [3.63, 3.8) is 0 Å². The number of anilines is 1. The molecule has 0 amide bonds. The Kier molecular flexibility index (Phi) is 4.76. The Morgan fingerprint density at radius 2 is 1.95 bits per heavy atom. The molecule has 0 aliphatic heterocycles. The van der Waals surface area contributed by atoms with Gasteiger partial charge in [-0.3, -0.25) is 0 Å². The van der Waals surface area contributed by atoms with E-state index in [1.807, 2.05) is 38.1 Å². The molecule has 0 bridgehead atoms. The first-order valence-corrected chi connectivity index (χ1v) is 6.66. The maximum Gasteiger partial charge on any atom is 0.187 e. The second-order valence-electron chi connectivity index (χ2n) is 4.06. The van der Waals surface area contributed by atoms with Gasteiger partial charge >= 0.3 is 0 Å². The lowest BCUT2D eigenvalue weighted by Crippen LogP contribution is -2.05. The quantitative estimate of drug-likeness (QED) is 0.876. The van der Waals surface area contributed by atoms with Gasteiger partial charge in [-0.1, -0.05) is 12.1 Å². The maximum absolute atomic E-state index is 5.65. The summed E-state index contributed by atoms with van der Waals surface area (Å²) in [5.74, 6) is 2.10. The zero-order valence-corrected chi connectivity index (χ0v) is 12.0. The molecular weight excluding hydrogens is 254 g/mol. The number of para-hydroxylation sites is 1. The fourth-order valence-corrected chi connectivity index (χ4v) is 2.00. The van der Waals surface area contributed by atoms with Crippen molar-refractivity contribution in [1.82, 2.24) is 9.97 Å². The molecular formula is C15H19N3O2. The zero-order valence-electron chi connectivity index (χ0n) is 12.0. The third-order valence-electron chi connectivity index (χ3n) is 2.79. The number of rotatable bonds is 6. The van der Waals surface area contributed by atoms with Crippen LogP contribution in [0.2, 0.25) is 0 Å². The van der Waals surface area contributed by atoms with Gasteiger partial charge in [0.25, 0.3) is 0 Å². The Labute approximate surface area is 119 Å². The van der Waals surface area contributed by atoms with E-state index in [0.29, 0.717) is 18.2 Å². The van der Waals surface area contributed by atoms with E-state index in [2.05, 4.69) is 15.3 Å². The van der Waals surface area contributed by atoms with E-state index in [4.69, 9.17) is 9.47 Å². The van der Waals surface area contributed by atoms with Crippen molar-refractivity contribution >= 4 is 5.82 Å². The van der Waals surface area contributed by atoms with Crippen molar-refractivity contribution < 1.29 is 9.47 Å². The fourth-order valence-electron chi connectivity index (χ4n) is 2.00. The smallest absolute Gasteiger partial charge is 0.187 e. The van der Waals surface area contributed by atoms with Crippen LogP contribution in [0.3, 0.4) is 0 Å². The van der Waals surface area contributed by atoms with Crippen LogP contribution in [0.5, 0.6) is 11.5 Å². The van der Waals surface area contributed by atoms with Gasteiger partial charge in [0.1, 0.15) is 17.8 Å². The van der Waals surface area contributed by atoms with Crippen molar-refractivity contribution in [3.8, 4) is 22.8 Å². The van der Waals surface area contributed by atoms with Crippen molar-refractivity contribution in [2.45, 2.75) is 13.8 Å². The number of benzene rings is 1. The van der Waals surface area contributed by atoms with E-state index in [9.17, 15) is 0 Å². The van der Waals surface area contributed by atoms with Crippen molar-refractivity contribution in [1.29, 1.82) is 0 Å². The normalized spacial score (nSPS) is 10.2. The van der Waals surface area contributed by atoms with Crippen LogP contribution >= 0.6 is 0 Å². The molecule has 1 N–H and O–H groups in total. The average Bonchev–Trinajstić information content (AvgIpc) is 2.48. The minimum absolute atomic E-state index is 0.602. The first kappa shape index (κ1) is 14.1. The number of nitrogens with zero attached hydrogens (tertiary/aromatic N) is 2. The summed E-state index contributed by atoms with van der Waals surface area (Å²) in [5.41, 5.74) is 1.62. The summed E-state index contributed by atoms with van der Waals surface area (Å²) in [6.07, 6.45) is 1.53. The van der Waals surface area contributed by atoms with Crippen LogP contribution in [0.15, 0.2) is 30.6 Å². The fraction of sp³-hybridized carbons (Fsp3) is 0.333. The lowest BCUT2D eigenvalue weighted by molar-refractivity contribution is 0.341. The molecule has 0 aliphatic rings. The molecule has 0 fully saturated rings. The van der Waals surface area contributed by atoms with E-state index in [0.717, 1.165) is 23.6 Å². The molecule has 0 unspecified atom stereocenters. The summed E-state index contributed by atoms with van der Waals surface area (Å²) in [7, 11) is 1.62. The molecule has 1 aromatic heterocycles. The van der Waals surface area contributed by atoms with E-state index >= 15 is 0 Å². The molecule has 0 atom stereocenters.